The van der Waals surface area contributed by atoms with E-state index in [9.17, 15) is 0 Å². The molecule has 0 radical (unpaired) electrons. The summed E-state index contributed by atoms with van der Waals surface area (Å²) < 4.78 is 0. The van der Waals surface area contributed by atoms with Crippen LogP contribution in [0.3, 0.4) is 0 Å². The van der Waals surface area contributed by atoms with Crippen molar-refractivity contribution in [3.05, 3.63) is 12.2 Å². The van der Waals surface area contributed by atoms with Crippen molar-refractivity contribution in [1.82, 2.24) is 0 Å². The van der Waals surface area contributed by atoms with Crippen molar-refractivity contribution in [3.8, 4) is 0 Å². The number of hydrogen-bond acceptors (Lipinski definition) is 2. The van der Waals surface area contributed by atoms with Gasteiger partial charge in [-0.05, 0) is 18.9 Å². The molecule has 0 unspecified atom stereocenters. The molecule has 0 fully saturated rings. The summed E-state index contributed by atoms with van der Waals surface area (Å²) in [6.07, 6.45) is 14.3. The van der Waals surface area contributed by atoms with Crippen LogP contribution in [0.5, 0.6) is 0 Å². The summed E-state index contributed by atoms with van der Waals surface area (Å²) in [6.45, 7) is 2.23. The molecule has 0 aliphatic heterocycles. The summed E-state index contributed by atoms with van der Waals surface area (Å²) in [5.41, 5.74) is 0. The van der Waals surface area contributed by atoms with Crippen molar-refractivity contribution in [3.63, 3.8) is 0 Å². The molecule has 0 rings (SSSR count). The molecule has 0 aliphatic carbocycles. The van der Waals surface area contributed by atoms with Gasteiger partial charge in [0, 0.05) is 0 Å². The van der Waals surface area contributed by atoms with Gasteiger partial charge in [0.05, 0.1) is 6.21 Å². The topological polar surface area (TPSA) is 32.6 Å². The summed E-state index contributed by atoms with van der Waals surface area (Å²) in [5, 5.41) is 11.0. The van der Waals surface area contributed by atoms with Gasteiger partial charge in [-0.25, -0.2) is 0 Å². The maximum Gasteiger partial charge on any atom is 0.0658 e. The lowest BCUT2D eigenvalue weighted by atomic mass is 10.1. The highest BCUT2D eigenvalue weighted by molar-refractivity contribution is 5.70. The molecule has 0 aromatic heterocycles. The van der Waals surface area contributed by atoms with Gasteiger partial charge in [0.15, 0.2) is 0 Å². The lowest BCUT2D eigenvalue weighted by Gasteiger charge is -1.96. The number of unbranched alkanes of at least 4 members (excludes halogenated alkanes) is 6. The zero-order valence-electron chi connectivity index (χ0n) is 8.58. The Kier molecular flexibility index (Phi) is 10.5. The lowest BCUT2D eigenvalue weighted by Crippen LogP contribution is -1.77. The molecular formula is C11H21NO. The van der Waals surface area contributed by atoms with Crippen LogP contribution >= 0.6 is 0 Å². The van der Waals surface area contributed by atoms with Crippen LogP contribution in [-0.4, -0.2) is 11.4 Å². The first-order valence-electron chi connectivity index (χ1n) is 5.24. The summed E-state index contributed by atoms with van der Waals surface area (Å²) in [5.74, 6) is 0. The number of allylic oxidation sites excluding steroid dienone is 2. The van der Waals surface area contributed by atoms with Crippen molar-refractivity contribution in [2.45, 2.75) is 51.9 Å². The van der Waals surface area contributed by atoms with Gasteiger partial charge in [0.2, 0.25) is 0 Å². The van der Waals surface area contributed by atoms with Gasteiger partial charge in [0.1, 0.15) is 0 Å². The normalized spacial score (nSPS) is 11.8. The van der Waals surface area contributed by atoms with Crippen LogP contribution in [0.4, 0.5) is 0 Å². The summed E-state index contributed by atoms with van der Waals surface area (Å²) in [7, 11) is 0. The van der Waals surface area contributed by atoms with E-state index in [0.717, 1.165) is 6.42 Å². The number of nitrogens with zero attached hydrogens (tertiary/aromatic N) is 1. The molecule has 0 aromatic rings. The molecule has 1 N–H and O–H groups in total. The highest BCUT2D eigenvalue weighted by atomic mass is 16.4. The molecule has 0 amide bonds. The molecular weight excluding hydrogens is 162 g/mol. The van der Waals surface area contributed by atoms with E-state index in [1.807, 2.05) is 6.08 Å². The van der Waals surface area contributed by atoms with Gasteiger partial charge in [-0.15, -0.1) is 0 Å². The predicted octanol–water partition coefficient (Wildman–Crippen LogP) is 3.75. The van der Waals surface area contributed by atoms with Crippen LogP contribution in [0.15, 0.2) is 17.3 Å². The minimum absolute atomic E-state index is 1.10. The fraction of sp³-hybridized carbons (Fsp3) is 0.727. The summed E-state index contributed by atoms with van der Waals surface area (Å²) in [6, 6.07) is 0. The van der Waals surface area contributed by atoms with Crippen LogP contribution in [0, 0.1) is 0 Å². The molecule has 0 saturated heterocycles. The van der Waals surface area contributed by atoms with E-state index in [4.69, 9.17) is 5.21 Å². The molecule has 0 spiro atoms. The van der Waals surface area contributed by atoms with E-state index in [-0.39, 0.29) is 0 Å². The lowest BCUT2D eigenvalue weighted by molar-refractivity contribution is 0.322. The second-order valence-electron chi connectivity index (χ2n) is 3.25. The summed E-state index contributed by atoms with van der Waals surface area (Å²) in [4.78, 5) is 0. The van der Waals surface area contributed by atoms with Gasteiger partial charge in [-0.2, -0.15) is 0 Å². The largest absolute Gasteiger partial charge is 0.411 e. The Morgan fingerprint density at radius 1 is 1.08 bits per heavy atom. The molecule has 0 heterocycles. The Morgan fingerprint density at radius 3 is 2.46 bits per heavy atom. The van der Waals surface area contributed by atoms with E-state index in [1.54, 1.807) is 6.08 Å². The van der Waals surface area contributed by atoms with Gasteiger partial charge in [-0.1, -0.05) is 50.3 Å². The van der Waals surface area contributed by atoms with E-state index >= 15 is 0 Å². The fourth-order valence-electron chi connectivity index (χ4n) is 1.24. The highest BCUT2D eigenvalue weighted by Gasteiger charge is 1.87. The fourth-order valence-corrected chi connectivity index (χ4v) is 1.24. The zero-order valence-corrected chi connectivity index (χ0v) is 8.58. The number of oxime groups is 1. The molecule has 0 bridgehead atoms. The Morgan fingerprint density at radius 2 is 1.77 bits per heavy atom. The van der Waals surface area contributed by atoms with Gasteiger partial charge in [-0.3, -0.25) is 0 Å². The zero-order chi connectivity index (χ0) is 9.78. The molecule has 76 valence electrons. The maximum atomic E-state index is 8.08. The van der Waals surface area contributed by atoms with Crippen LogP contribution < -0.4 is 0 Å². The quantitative estimate of drug-likeness (QED) is 0.264. The summed E-state index contributed by atoms with van der Waals surface area (Å²) >= 11 is 0. The number of hydrogen-bond donors (Lipinski definition) is 1. The first-order valence-corrected chi connectivity index (χ1v) is 5.24. The second kappa shape index (κ2) is 11.2. The molecule has 2 nitrogen and oxygen atoms in total. The predicted molar refractivity (Wildman–Crippen MR) is 57.4 cm³/mol. The van der Waals surface area contributed by atoms with Crippen molar-refractivity contribution in [1.29, 1.82) is 0 Å². The molecule has 2 heteroatoms. The second-order valence-corrected chi connectivity index (χ2v) is 3.25. The van der Waals surface area contributed by atoms with Gasteiger partial charge in [0.25, 0.3) is 0 Å². The van der Waals surface area contributed by atoms with E-state index in [0.29, 0.717) is 0 Å². The van der Waals surface area contributed by atoms with Gasteiger partial charge < -0.3 is 5.21 Å². The SMILES string of the molecule is CCCCCCCCC=CC=NO. The minimum atomic E-state index is 1.10. The Hall–Kier alpha value is -0.790. The standard InChI is InChI=1S/C11H21NO/c1-2-3-4-5-6-7-8-9-10-11-12-13/h9-11,13H,2-8H2,1H3. The average Bonchev–Trinajstić information content (AvgIpc) is 2.16. The van der Waals surface area contributed by atoms with E-state index < -0.39 is 0 Å². The molecule has 0 atom stereocenters. The van der Waals surface area contributed by atoms with Crippen molar-refractivity contribution in [2.24, 2.45) is 5.16 Å². The molecule has 0 aliphatic rings. The average molecular weight is 183 g/mol. The minimum Gasteiger partial charge on any atom is -0.411 e. The Bertz CT molecular complexity index is 141. The van der Waals surface area contributed by atoms with Crippen LogP contribution in [-0.2, 0) is 0 Å². The van der Waals surface area contributed by atoms with E-state index in [2.05, 4.69) is 12.1 Å². The smallest absolute Gasteiger partial charge is 0.0658 e. The van der Waals surface area contributed by atoms with Crippen LogP contribution in [0.1, 0.15) is 51.9 Å². The Balaban J connectivity index is 2.99. The van der Waals surface area contributed by atoms with E-state index in [1.165, 1.54) is 44.7 Å². The van der Waals surface area contributed by atoms with Crippen LogP contribution in [0.25, 0.3) is 0 Å². The van der Waals surface area contributed by atoms with Crippen molar-refractivity contribution in [2.75, 3.05) is 0 Å². The first kappa shape index (κ1) is 12.2. The Labute approximate surface area is 81.3 Å². The monoisotopic (exact) mass is 183 g/mol. The van der Waals surface area contributed by atoms with Crippen LogP contribution in [0.2, 0.25) is 0 Å². The van der Waals surface area contributed by atoms with Crippen molar-refractivity contribution >= 4 is 6.21 Å². The maximum absolute atomic E-state index is 8.08. The first-order chi connectivity index (χ1) is 6.41. The third kappa shape index (κ3) is 11.2. The highest BCUT2D eigenvalue weighted by Crippen LogP contribution is 2.06. The molecule has 0 saturated carbocycles. The third-order valence-corrected chi connectivity index (χ3v) is 2.01. The third-order valence-electron chi connectivity index (χ3n) is 2.01. The molecule has 13 heavy (non-hydrogen) atoms. The molecule has 0 aromatic carbocycles. The van der Waals surface area contributed by atoms with Gasteiger partial charge >= 0.3 is 0 Å². The number of rotatable bonds is 8. The van der Waals surface area contributed by atoms with Crippen molar-refractivity contribution < 1.29 is 5.21 Å².